The Morgan fingerprint density at radius 2 is 1.25 bits per heavy atom. The van der Waals surface area contributed by atoms with Crippen LogP contribution in [0.15, 0.2) is 84.0 Å². The van der Waals surface area contributed by atoms with E-state index in [1.807, 2.05) is 6.07 Å². The summed E-state index contributed by atoms with van der Waals surface area (Å²) in [4.78, 5) is 2.62. The second-order valence-corrected chi connectivity index (χ2v) is 7.62. The molecule has 0 unspecified atom stereocenters. The van der Waals surface area contributed by atoms with Crippen molar-refractivity contribution in [1.29, 1.82) is 0 Å². The largest absolute Gasteiger partial charge is 0.294 e. The maximum Gasteiger partial charge on any atom is 0.0646 e. The molecule has 0 amide bonds. The van der Waals surface area contributed by atoms with Crippen molar-refractivity contribution in [1.82, 2.24) is 9.91 Å². The summed E-state index contributed by atoms with van der Waals surface area (Å²) in [6.07, 6.45) is 0. The van der Waals surface area contributed by atoms with E-state index >= 15 is 0 Å². The normalized spacial score (nSPS) is 17.5. The van der Waals surface area contributed by atoms with Gasteiger partial charge in [0, 0.05) is 26.2 Å². The summed E-state index contributed by atoms with van der Waals surface area (Å²) < 4.78 is 0. The van der Waals surface area contributed by atoms with Gasteiger partial charge in [-0.3, -0.25) is 9.91 Å². The van der Waals surface area contributed by atoms with Gasteiger partial charge in [-0.1, -0.05) is 78.9 Å². The molecular weight excluding hydrogens is 342 g/mol. The Kier molecular flexibility index (Phi) is 4.46. The van der Waals surface area contributed by atoms with Gasteiger partial charge in [0.25, 0.3) is 0 Å². The fourth-order valence-corrected chi connectivity index (χ4v) is 4.54. The minimum atomic E-state index is 0.369. The molecule has 0 spiro atoms. The maximum atomic E-state index is 4.88. The molecule has 1 aliphatic heterocycles. The molecule has 1 aliphatic carbocycles. The van der Waals surface area contributed by atoms with Gasteiger partial charge in [-0.25, -0.2) is 0 Å². The molecule has 3 heteroatoms. The first-order valence-electron chi connectivity index (χ1n) is 10.1. The summed E-state index contributed by atoms with van der Waals surface area (Å²) in [6.45, 7) is 6.08. The Labute approximate surface area is 166 Å². The third-order valence-corrected chi connectivity index (χ3v) is 5.94. The molecule has 3 nitrogen and oxygen atoms in total. The van der Waals surface area contributed by atoms with Crippen molar-refractivity contribution in [2.45, 2.75) is 13.0 Å². The number of hydrogen-bond donors (Lipinski definition) is 0. The lowest BCUT2D eigenvalue weighted by molar-refractivity contribution is 0.114. The van der Waals surface area contributed by atoms with E-state index in [1.165, 1.54) is 27.8 Å². The summed E-state index contributed by atoms with van der Waals surface area (Å²) in [5.74, 6) is 0. The van der Waals surface area contributed by atoms with E-state index < -0.39 is 0 Å². The second-order valence-electron chi connectivity index (χ2n) is 7.62. The lowest BCUT2D eigenvalue weighted by Gasteiger charge is -2.37. The molecule has 1 saturated heterocycles. The first-order valence-corrected chi connectivity index (χ1v) is 10.1. The van der Waals surface area contributed by atoms with E-state index in [9.17, 15) is 0 Å². The second kappa shape index (κ2) is 7.25. The molecule has 0 bridgehead atoms. The van der Waals surface area contributed by atoms with E-state index in [4.69, 9.17) is 5.10 Å². The quantitative estimate of drug-likeness (QED) is 0.619. The maximum absolute atomic E-state index is 4.88. The van der Waals surface area contributed by atoms with Crippen LogP contribution in [-0.2, 0) is 0 Å². The van der Waals surface area contributed by atoms with E-state index in [0.29, 0.717) is 6.04 Å². The average Bonchev–Trinajstić information content (AvgIpc) is 3.09. The van der Waals surface area contributed by atoms with Gasteiger partial charge in [-0.15, -0.1) is 0 Å². The first kappa shape index (κ1) is 17.2. The van der Waals surface area contributed by atoms with Gasteiger partial charge in [-0.2, -0.15) is 5.10 Å². The molecule has 0 aromatic heterocycles. The van der Waals surface area contributed by atoms with Crippen molar-refractivity contribution in [3.8, 4) is 11.1 Å². The zero-order chi connectivity index (χ0) is 18.9. The molecule has 3 aromatic rings. The predicted molar refractivity (Wildman–Crippen MR) is 116 cm³/mol. The SMILES string of the molecule is C/C(=N\N1CCN(C2c3ccccc3-c3ccccc32)CC1)c1ccccc1. The van der Waals surface area contributed by atoms with Crippen LogP contribution in [0.5, 0.6) is 0 Å². The van der Waals surface area contributed by atoms with E-state index in [1.54, 1.807) is 0 Å². The molecule has 5 rings (SSSR count). The fraction of sp³-hybridized carbons (Fsp3) is 0.240. The van der Waals surface area contributed by atoms with Crippen molar-refractivity contribution in [2.75, 3.05) is 26.2 Å². The van der Waals surface area contributed by atoms with Crippen LogP contribution in [0.1, 0.15) is 29.7 Å². The molecule has 0 saturated carbocycles. The van der Waals surface area contributed by atoms with Gasteiger partial charge < -0.3 is 0 Å². The minimum absolute atomic E-state index is 0.369. The molecule has 140 valence electrons. The number of hydrogen-bond acceptors (Lipinski definition) is 3. The van der Waals surface area contributed by atoms with Crippen molar-refractivity contribution in [2.24, 2.45) is 5.10 Å². The molecule has 1 fully saturated rings. The summed E-state index contributed by atoms with van der Waals surface area (Å²) in [6, 6.07) is 28.6. The van der Waals surface area contributed by atoms with Gasteiger partial charge in [-0.05, 0) is 34.7 Å². The first-order chi connectivity index (χ1) is 13.8. The summed E-state index contributed by atoms with van der Waals surface area (Å²) >= 11 is 0. The van der Waals surface area contributed by atoms with Crippen LogP contribution in [-0.4, -0.2) is 41.8 Å². The van der Waals surface area contributed by atoms with Crippen molar-refractivity contribution in [3.05, 3.63) is 95.6 Å². The monoisotopic (exact) mass is 367 g/mol. The predicted octanol–water partition coefficient (Wildman–Crippen LogP) is 4.80. The van der Waals surface area contributed by atoms with Crippen LogP contribution in [0.4, 0.5) is 0 Å². The molecule has 0 atom stereocenters. The summed E-state index contributed by atoms with van der Waals surface area (Å²) in [7, 11) is 0. The molecule has 28 heavy (non-hydrogen) atoms. The summed E-state index contributed by atoms with van der Waals surface area (Å²) in [5, 5.41) is 7.11. The van der Waals surface area contributed by atoms with Crippen molar-refractivity contribution >= 4 is 5.71 Å². The number of piperazine rings is 1. The van der Waals surface area contributed by atoms with Crippen molar-refractivity contribution < 1.29 is 0 Å². The van der Waals surface area contributed by atoms with E-state index in [0.717, 1.165) is 31.9 Å². The highest BCUT2D eigenvalue weighted by atomic mass is 15.5. The Balaban J connectivity index is 1.35. The zero-order valence-corrected chi connectivity index (χ0v) is 16.3. The number of hydrazone groups is 1. The lowest BCUT2D eigenvalue weighted by Crippen LogP contribution is -2.45. The third kappa shape index (κ3) is 3.02. The van der Waals surface area contributed by atoms with E-state index in [-0.39, 0.29) is 0 Å². The van der Waals surface area contributed by atoms with E-state index in [2.05, 4.69) is 89.6 Å². The average molecular weight is 367 g/mol. The highest BCUT2D eigenvalue weighted by molar-refractivity contribution is 5.98. The van der Waals surface area contributed by atoms with Gasteiger partial charge in [0.2, 0.25) is 0 Å². The van der Waals surface area contributed by atoms with Crippen LogP contribution in [0.3, 0.4) is 0 Å². The standard InChI is InChI=1S/C25H25N3/c1-19(20-9-3-2-4-10-20)26-28-17-15-27(16-18-28)25-23-13-7-5-11-21(23)22-12-6-8-14-24(22)25/h2-14,25H,15-18H2,1H3/b26-19+. The summed E-state index contributed by atoms with van der Waals surface area (Å²) in [5.41, 5.74) is 7.96. The number of benzene rings is 3. The number of rotatable bonds is 3. The Hall–Kier alpha value is -2.91. The topological polar surface area (TPSA) is 18.8 Å². The van der Waals surface area contributed by atoms with Gasteiger partial charge in [0.05, 0.1) is 11.8 Å². The third-order valence-electron chi connectivity index (χ3n) is 5.94. The Morgan fingerprint density at radius 3 is 1.86 bits per heavy atom. The lowest BCUT2D eigenvalue weighted by atomic mass is 10.0. The van der Waals surface area contributed by atoms with Gasteiger partial charge in [0.1, 0.15) is 0 Å². The highest BCUT2D eigenvalue weighted by Gasteiger charge is 2.33. The number of nitrogens with zero attached hydrogens (tertiary/aromatic N) is 3. The van der Waals surface area contributed by atoms with Crippen molar-refractivity contribution in [3.63, 3.8) is 0 Å². The number of fused-ring (bicyclic) bond motifs is 3. The van der Waals surface area contributed by atoms with Crippen LogP contribution in [0.25, 0.3) is 11.1 Å². The fourth-order valence-electron chi connectivity index (χ4n) is 4.54. The molecule has 0 radical (unpaired) electrons. The van der Waals surface area contributed by atoms with Crippen LogP contribution < -0.4 is 0 Å². The van der Waals surface area contributed by atoms with Crippen LogP contribution >= 0.6 is 0 Å². The van der Waals surface area contributed by atoms with Gasteiger partial charge in [0.15, 0.2) is 0 Å². The van der Waals surface area contributed by atoms with Gasteiger partial charge >= 0.3 is 0 Å². The molecule has 2 aliphatic rings. The molecule has 3 aromatic carbocycles. The zero-order valence-electron chi connectivity index (χ0n) is 16.3. The molecule has 1 heterocycles. The Morgan fingerprint density at radius 1 is 0.714 bits per heavy atom. The molecular formula is C25H25N3. The Bertz CT molecular complexity index is 956. The molecule has 0 N–H and O–H groups in total. The van der Waals surface area contributed by atoms with Crippen LogP contribution in [0.2, 0.25) is 0 Å². The van der Waals surface area contributed by atoms with Crippen LogP contribution in [0, 0.1) is 0 Å². The smallest absolute Gasteiger partial charge is 0.0646 e. The highest BCUT2D eigenvalue weighted by Crippen LogP contribution is 2.46. The minimum Gasteiger partial charge on any atom is -0.294 e.